The monoisotopic (exact) mass is 354 g/mol. The van der Waals surface area contributed by atoms with Crippen molar-refractivity contribution in [3.8, 4) is 0 Å². The summed E-state index contributed by atoms with van der Waals surface area (Å²) >= 11 is 0. The van der Waals surface area contributed by atoms with Gasteiger partial charge in [0, 0.05) is 18.8 Å². The van der Waals surface area contributed by atoms with Crippen molar-refractivity contribution < 1.29 is 14.3 Å². The van der Waals surface area contributed by atoms with Gasteiger partial charge in [0.2, 0.25) is 0 Å². The normalized spacial score (nSPS) is 10.8. The summed E-state index contributed by atoms with van der Waals surface area (Å²) in [5.74, 6) is -0.278. The molecule has 3 nitrogen and oxygen atoms in total. The lowest BCUT2D eigenvalue weighted by molar-refractivity contribution is -0.139. The SMILES string of the molecule is C=C(C)C(=O)OCCCCCCOCCCCCCCCCCCC. The molecule has 0 N–H and O–H groups in total. The van der Waals surface area contributed by atoms with E-state index in [1.807, 2.05) is 0 Å². The fourth-order valence-electron chi connectivity index (χ4n) is 2.74. The van der Waals surface area contributed by atoms with Crippen LogP contribution in [-0.4, -0.2) is 25.8 Å². The first-order chi connectivity index (χ1) is 12.2. The Hall–Kier alpha value is -0.830. The molecule has 0 rings (SSSR count). The Balaban J connectivity index is 3.05. The molecule has 0 aliphatic carbocycles. The van der Waals surface area contributed by atoms with E-state index in [-0.39, 0.29) is 5.97 Å². The maximum atomic E-state index is 11.2. The van der Waals surface area contributed by atoms with Crippen molar-refractivity contribution in [2.24, 2.45) is 0 Å². The molecule has 0 atom stereocenters. The predicted molar refractivity (Wildman–Crippen MR) is 107 cm³/mol. The smallest absolute Gasteiger partial charge is 0.333 e. The molecule has 0 saturated carbocycles. The van der Waals surface area contributed by atoms with Gasteiger partial charge in [0.15, 0.2) is 0 Å². The molecule has 0 bridgehead atoms. The van der Waals surface area contributed by atoms with Gasteiger partial charge >= 0.3 is 5.97 Å². The van der Waals surface area contributed by atoms with Crippen molar-refractivity contribution in [1.82, 2.24) is 0 Å². The molecule has 0 aromatic rings. The fraction of sp³-hybridized carbons (Fsp3) is 0.864. The van der Waals surface area contributed by atoms with Crippen molar-refractivity contribution in [2.75, 3.05) is 19.8 Å². The van der Waals surface area contributed by atoms with Gasteiger partial charge in [-0.3, -0.25) is 0 Å². The number of unbranched alkanes of at least 4 members (excludes halogenated alkanes) is 12. The molecular weight excluding hydrogens is 312 g/mol. The van der Waals surface area contributed by atoms with Crippen LogP contribution in [0.4, 0.5) is 0 Å². The van der Waals surface area contributed by atoms with Gasteiger partial charge in [0.25, 0.3) is 0 Å². The fourth-order valence-corrected chi connectivity index (χ4v) is 2.74. The Labute approximate surface area is 156 Å². The van der Waals surface area contributed by atoms with Crippen LogP contribution >= 0.6 is 0 Å². The average Bonchev–Trinajstić information content (AvgIpc) is 2.60. The van der Waals surface area contributed by atoms with E-state index < -0.39 is 0 Å². The van der Waals surface area contributed by atoms with Crippen LogP contribution in [0.2, 0.25) is 0 Å². The summed E-state index contributed by atoms with van der Waals surface area (Å²) in [6, 6.07) is 0. The van der Waals surface area contributed by atoms with Crippen LogP contribution in [0, 0.1) is 0 Å². The first kappa shape index (κ1) is 24.2. The predicted octanol–water partition coefficient (Wildman–Crippen LogP) is 6.60. The molecule has 0 radical (unpaired) electrons. The maximum absolute atomic E-state index is 11.2. The van der Waals surface area contributed by atoms with Crippen LogP contribution in [0.25, 0.3) is 0 Å². The largest absolute Gasteiger partial charge is 0.462 e. The molecule has 0 aromatic heterocycles. The van der Waals surface area contributed by atoms with E-state index >= 15 is 0 Å². The molecule has 3 heteroatoms. The highest BCUT2D eigenvalue weighted by molar-refractivity contribution is 5.86. The molecule has 0 aliphatic heterocycles. The van der Waals surface area contributed by atoms with Crippen LogP contribution in [-0.2, 0) is 14.3 Å². The summed E-state index contributed by atoms with van der Waals surface area (Å²) in [7, 11) is 0. The summed E-state index contributed by atoms with van der Waals surface area (Å²) in [5.41, 5.74) is 0.473. The Morgan fingerprint density at radius 2 is 1.08 bits per heavy atom. The summed E-state index contributed by atoms with van der Waals surface area (Å²) < 4.78 is 10.7. The van der Waals surface area contributed by atoms with Crippen molar-refractivity contribution in [3.05, 3.63) is 12.2 Å². The van der Waals surface area contributed by atoms with Crippen molar-refractivity contribution in [3.63, 3.8) is 0 Å². The second kappa shape index (κ2) is 19.5. The minimum Gasteiger partial charge on any atom is -0.462 e. The summed E-state index contributed by atoms with van der Waals surface area (Å²) in [6.45, 7) is 9.79. The van der Waals surface area contributed by atoms with Gasteiger partial charge in [0.05, 0.1) is 6.61 Å². The molecule has 0 amide bonds. The molecule has 0 unspecified atom stereocenters. The third kappa shape index (κ3) is 19.3. The topological polar surface area (TPSA) is 35.5 Å². The zero-order chi connectivity index (χ0) is 18.6. The molecule has 0 heterocycles. The van der Waals surface area contributed by atoms with Gasteiger partial charge in [-0.1, -0.05) is 77.7 Å². The first-order valence-electron chi connectivity index (χ1n) is 10.6. The van der Waals surface area contributed by atoms with E-state index in [4.69, 9.17) is 9.47 Å². The lowest BCUT2D eigenvalue weighted by atomic mass is 10.1. The lowest BCUT2D eigenvalue weighted by Gasteiger charge is -2.06. The van der Waals surface area contributed by atoms with E-state index in [1.165, 1.54) is 64.2 Å². The third-order valence-electron chi connectivity index (χ3n) is 4.41. The quantitative estimate of drug-likeness (QED) is 0.149. The molecular formula is C22H42O3. The van der Waals surface area contributed by atoms with Crippen LogP contribution < -0.4 is 0 Å². The average molecular weight is 355 g/mol. The highest BCUT2D eigenvalue weighted by Gasteiger charge is 2.01. The highest BCUT2D eigenvalue weighted by Crippen LogP contribution is 2.10. The molecule has 25 heavy (non-hydrogen) atoms. The Morgan fingerprint density at radius 1 is 0.680 bits per heavy atom. The first-order valence-corrected chi connectivity index (χ1v) is 10.6. The van der Waals surface area contributed by atoms with Crippen LogP contribution in [0.1, 0.15) is 104 Å². The highest BCUT2D eigenvalue weighted by atomic mass is 16.5. The minimum atomic E-state index is -0.278. The van der Waals surface area contributed by atoms with E-state index in [0.717, 1.165) is 38.9 Å². The van der Waals surface area contributed by atoms with Crippen LogP contribution in [0.5, 0.6) is 0 Å². The summed E-state index contributed by atoms with van der Waals surface area (Å²) in [5, 5.41) is 0. The molecule has 0 spiro atoms. The zero-order valence-corrected chi connectivity index (χ0v) is 17.0. The van der Waals surface area contributed by atoms with E-state index in [1.54, 1.807) is 6.92 Å². The number of carbonyl (C=O) groups excluding carboxylic acids is 1. The zero-order valence-electron chi connectivity index (χ0n) is 17.0. The Kier molecular flexibility index (Phi) is 18.8. The van der Waals surface area contributed by atoms with Gasteiger partial charge in [-0.25, -0.2) is 4.79 Å². The third-order valence-corrected chi connectivity index (χ3v) is 4.41. The Bertz CT molecular complexity index is 312. The summed E-state index contributed by atoms with van der Waals surface area (Å²) in [6.07, 6.45) is 17.9. The van der Waals surface area contributed by atoms with Gasteiger partial charge < -0.3 is 9.47 Å². The van der Waals surface area contributed by atoms with E-state index in [9.17, 15) is 4.79 Å². The molecule has 0 fully saturated rings. The van der Waals surface area contributed by atoms with Gasteiger partial charge in [-0.15, -0.1) is 0 Å². The molecule has 0 aromatic carbocycles. The second-order valence-corrected chi connectivity index (χ2v) is 7.12. The van der Waals surface area contributed by atoms with Crippen LogP contribution in [0.15, 0.2) is 12.2 Å². The standard InChI is InChI=1S/C22H42O3/c1-4-5-6-7-8-9-10-11-12-15-18-24-19-16-13-14-17-20-25-22(23)21(2)3/h2,4-20H2,1,3H3. The van der Waals surface area contributed by atoms with E-state index in [2.05, 4.69) is 13.5 Å². The van der Waals surface area contributed by atoms with Gasteiger partial charge in [0.1, 0.15) is 0 Å². The minimum absolute atomic E-state index is 0.278. The van der Waals surface area contributed by atoms with Gasteiger partial charge in [-0.05, 0) is 32.6 Å². The van der Waals surface area contributed by atoms with E-state index in [0.29, 0.717) is 12.2 Å². The number of ether oxygens (including phenoxy) is 2. The lowest BCUT2D eigenvalue weighted by Crippen LogP contribution is -2.06. The van der Waals surface area contributed by atoms with Crippen molar-refractivity contribution in [1.29, 1.82) is 0 Å². The Morgan fingerprint density at radius 3 is 1.52 bits per heavy atom. The molecule has 0 aliphatic rings. The number of carbonyl (C=O) groups is 1. The number of rotatable bonds is 19. The summed E-state index contributed by atoms with van der Waals surface area (Å²) in [4.78, 5) is 11.2. The number of hydrogen-bond acceptors (Lipinski definition) is 3. The van der Waals surface area contributed by atoms with Crippen molar-refractivity contribution in [2.45, 2.75) is 104 Å². The van der Waals surface area contributed by atoms with Gasteiger partial charge in [-0.2, -0.15) is 0 Å². The van der Waals surface area contributed by atoms with Crippen molar-refractivity contribution >= 4 is 5.97 Å². The molecule has 148 valence electrons. The number of hydrogen-bond donors (Lipinski definition) is 0. The van der Waals surface area contributed by atoms with Crippen LogP contribution in [0.3, 0.4) is 0 Å². The molecule has 0 saturated heterocycles. The number of esters is 1. The maximum Gasteiger partial charge on any atom is 0.333 e. The second-order valence-electron chi connectivity index (χ2n) is 7.12.